The summed E-state index contributed by atoms with van der Waals surface area (Å²) in [6.45, 7) is 2.29. The zero-order valence-corrected chi connectivity index (χ0v) is 11.1. The predicted molar refractivity (Wildman–Crippen MR) is 67.9 cm³/mol. The van der Waals surface area contributed by atoms with Gasteiger partial charge in [-0.25, -0.2) is 0 Å². The van der Waals surface area contributed by atoms with Crippen LogP contribution in [0.4, 0.5) is 0 Å². The normalized spacial score (nSPS) is 21.2. The Kier molecular flexibility index (Phi) is 3.43. The molecule has 0 spiro atoms. The summed E-state index contributed by atoms with van der Waals surface area (Å²) in [6, 6.07) is 0.00486. The second-order valence-corrected chi connectivity index (χ2v) is 5.41. The first-order chi connectivity index (χ1) is 8.08. The van der Waals surface area contributed by atoms with E-state index in [1.54, 1.807) is 13.3 Å². The van der Waals surface area contributed by atoms with Crippen molar-refractivity contribution in [1.82, 2.24) is 9.78 Å². The lowest BCUT2D eigenvalue weighted by atomic mass is 9.70. The molecule has 17 heavy (non-hydrogen) atoms. The maximum absolute atomic E-state index is 6.48. The van der Waals surface area contributed by atoms with Gasteiger partial charge in [-0.15, -0.1) is 0 Å². The number of nitrogens with zero attached hydrogens (tertiary/aromatic N) is 2. The van der Waals surface area contributed by atoms with Crippen molar-refractivity contribution in [1.29, 1.82) is 0 Å². The lowest BCUT2D eigenvalue weighted by Gasteiger charge is -2.39. The number of ether oxygens (including phenoxy) is 1. The quantitative estimate of drug-likeness (QED) is 0.878. The Hall–Kier alpha value is -1.03. The van der Waals surface area contributed by atoms with Gasteiger partial charge >= 0.3 is 0 Å². The first-order valence-corrected chi connectivity index (χ1v) is 6.40. The van der Waals surface area contributed by atoms with Crippen LogP contribution >= 0.6 is 0 Å². The molecule has 1 fully saturated rings. The molecule has 2 rings (SSSR count). The van der Waals surface area contributed by atoms with E-state index in [1.807, 2.05) is 11.7 Å². The molecular weight excluding hydrogens is 214 g/mol. The molecular formula is C13H23N3O. The van der Waals surface area contributed by atoms with Crippen molar-refractivity contribution in [2.75, 3.05) is 7.11 Å². The summed E-state index contributed by atoms with van der Waals surface area (Å²) < 4.78 is 7.21. The van der Waals surface area contributed by atoms with Gasteiger partial charge in [0.2, 0.25) is 0 Å². The Labute approximate surface area is 103 Å². The second-order valence-electron chi connectivity index (χ2n) is 5.41. The summed E-state index contributed by atoms with van der Waals surface area (Å²) in [5.41, 5.74) is 7.69. The van der Waals surface area contributed by atoms with Crippen LogP contribution in [0.3, 0.4) is 0 Å². The van der Waals surface area contributed by atoms with Crippen molar-refractivity contribution in [3.05, 3.63) is 11.9 Å². The molecule has 1 aromatic heterocycles. The minimum Gasteiger partial charge on any atom is -0.493 e. The van der Waals surface area contributed by atoms with Gasteiger partial charge < -0.3 is 10.5 Å². The first-order valence-electron chi connectivity index (χ1n) is 6.40. The smallest absolute Gasteiger partial charge is 0.161 e. The highest BCUT2D eigenvalue weighted by Crippen LogP contribution is 2.45. The molecule has 1 aromatic rings. The van der Waals surface area contributed by atoms with Gasteiger partial charge in [0.05, 0.1) is 25.0 Å². The Bertz CT molecular complexity index is 380. The molecule has 0 bridgehead atoms. The van der Waals surface area contributed by atoms with Crippen LogP contribution in [0.1, 0.15) is 50.8 Å². The molecule has 0 saturated heterocycles. The van der Waals surface area contributed by atoms with Gasteiger partial charge in [0.15, 0.2) is 5.75 Å². The molecule has 4 nitrogen and oxygen atoms in total. The topological polar surface area (TPSA) is 53.1 Å². The molecule has 0 aliphatic heterocycles. The average Bonchev–Trinajstić information content (AvgIpc) is 2.70. The summed E-state index contributed by atoms with van der Waals surface area (Å²) >= 11 is 0. The van der Waals surface area contributed by atoms with Gasteiger partial charge in [-0.05, 0) is 18.3 Å². The zero-order chi connectivity index (χ0) is 12.5. The van der Waals surface area contributed by atoms with Gasteiger partial charge in [-0.1, -0.05) is 26.2 Å². The van der Waals surface area contributed by atoms with Crippen LogP contribution in [-0.4, -0.2) is 16.9 Å². The van der Waals surface area contributed by atoms with E-state index in [-0.39, 0.29) is 11.5 Å². The molecule has 1 unspecified atom stereocenters. The first kappa shape index (κ1) is 12.4. The second kappa shape index (κ2) is 4.69. The zero-order valence-electron chi connectivity index (χ0n) is 11.1. The van der Waals surface area contributed by atoms with Gasteiger partial charge in [0.1, 0.15) is 0 Å². The van der Waals surface area contributed by atoms with Crippen molar-refractivity contribution in [2.45, 2.75) is 45.1 Å². The lowest BCUT2D eigenvalue weighted by molar-refractivity contribution is 0.163. The fourth-order valence-electron chi connectivity index (χ4n) is 2.94. The summed E-state index contributed by atoms with van der Waals surface area (Å²) in [4.78, 5) is 0. The highest BCUT2D eigenvalue weighted by atomic mass is 16.5. The third-order valence-corrected chi connectivity index (χ3v) is 4.21. The molecule has 0 amide bonds. The van der Waals surface area contributed by atoms with Crippen LogP contribution in [0.2, 0.25) is 0 Å². The van der Waals surface area contributed by atoms with Crippen molar-refractivity contribution in [3.63, 3.8) is 0 Å². The minimum absolute atomic E-state index is 0.00486. The van der Waals surface area contributed by atoms with Crippen LogP contribution in [-0.2, 0) is 7.05 Å². The minimum atomic E-state index is 0.00486. The van der Waals surface area contributed by atoms with Crippen LogP contribution in [0.15, 0.2) is 6.20 Å². The van der Waals surface area contributed by atoms with Crippen LogP contribution in [0.5, 0.6) is 5.75 Å². The lowest BCUT2D eigenvalue weighted by Crippen LogP contribution is -2.35. The van der Waals surface area contributed by atoms with Gasteiger partial charge in [-0.3, -0.25) is 4.68 Å². The van der Waals surface area contributed by atoms with E-state index in [0.29, 0.717) is 0 Å². The Morgan fingerprint density at radius 3 is 2.65 bits per heavy atom. The molecule has 0 radical (unpaired) electrons. The largest absolute Gasteiger partial charge is 0.493 e. The van der Waals surface area contributed by atoms with E-state index >= 15 is 0 Å². The van der Waals surface area contributed by atoms with Crippen molar-refractivity contribution < 1.29 is 4.74 Å². The van der Waals surface area contributed by atoms with Gasteiger partial charge in [-0.2, -0.15) is 5.10 Å². The Morgan fingerprint density at radius 1 is 1.41 bits per heavy atom. The summed E-state index contributed by atoms with van der Waals surface area (Å²) in [7, 11) is 3.61. The fourth-order valence-corrected chi connectivity index (χ4v) is 2.94. The van der Waals surface area contributed by atoms with E-state index in [1.165, 1.54) is 32.1 Å². The highest BCUT2D eigenvalue weighted by Gasteiger charge is 2.37. The maximum atomic E-state index is 6.48. The molecule has 0 aromatic carbocycles. The maximum Gasteiger partial charge on any atom is 0.161 e. The molecule has 96 valence electrons. The summed E-state index contributed by atoms with van der Waals surface area (Å²) in [5, 5.41) is 4.25. The molecule has 4 heteroatoms. The van der Waals surface area contributed by atoms with Crippen molar-refractivity contribution >= 4 is 0 Å². The number of nitrogens with two attached hydrogens (primary N) is 1. The number of aromatic nitrogens is 2. The van der Waals surface area contributed by atoms with E-state index in [2.05, 4.69) is 12.0 Å². The predicted octanol–water partition coefficient (Wildman–Crippen LogP) is 2.40. The monoisotopic (exact) mass is 237 g/mol. The molecule has 1 aliphatic rings. The van der Waals surface area contributed by atoms with Crippen LogP contribution < -0.4 is 10.5 Å². The van der Waals surface area contributed by atoms with Crippen LogP contribution in [0.25, 0.3) is 0 Å². The van der Waals surface area contributed by atoms with Gasteiger partial charge in [0, 0.05) is 7.05 Å². The standard InChI is InChI=1S/C13H23N3O/c1-13(7-5-4-6-8-13)12(14)11-10(17-3)9-15-16(11)2/h9,12H,4-8,14H2,1-3H3. The SMILES string of the molecule is COc1cnn(C)c1C(N)C1(C)CCCCC1. The number of methoxy groups -OCH3 is 1. The van der Waals surface area contributed by atoms with E-state index < -0.39 is 0 Å². The number of aryl methyl sites for hydroxylation is 1. The molecule has 1 atom stereocenters. The molecule has 2 N–H and O–H groups in total. The molecule has 1 heterocycles. The summed E-state index contributed by atoms with van der Waals surface area (Å²) in [5.74, 6) is 0.812. The summed E-state index contributed by atoms with van der Waals surface area (Å²) in [6.07, 6.45) is 8.05. The molecule has 1 aliphatic carbocycles. The van der Waals surface area contributed by atoms with Gasteiger partial charge in [0.25, 0.3) is 0 Å². The Morgan fingerprint density at radius 2 is 2.06 bits per heavy atom. The fraction of sp³-hybridized carbons (Fsp3) is 0.769. The van der Waals surface area contributed by atoms with Crippen LogP contribution in [0, 0.1) is 5.41 Å². The van der Waals surface area contributed by atoms with E-state index in [4.69, 9.17) is 10.5 Å². The molecule has 1 saturated carbocycles. The van der Waals surface area contributed by atoms with E-state index in [0.717, 1.165) is 11.4 Å². The third kappa shape index (κ3) is 2.18. The van der Waals surface area contributed by atoms with E-state index in [9.17, 15) is 0 Å². The highest BCUT2D eigenvalue weighted by molar-refractivity contribution is 5.29. The number of hydrogen-bond acceptors (Lipinski definition) is 3. The average molecular weight is 237 g/mol. The van der Waals surface area contributed by atoms with Crippen molar-refractivity contribution in [2.24, 2.45) is 18.2 Å². The third-order valence-electron chi connectivity index (χ3n) is 4.21. The van der Waals surface area contributed by atoms with Crippen molar-refractivity contribution in [3.8, 4) is 5.75 Å². The number of rotatable bonds is 3. The Balaban J connectivity index is 2.28. The number of hydrogen-bond donors (Lipinski definition) is 1.